The maximum absolute atomic E-state index is 12.9. The van der Waals surface area contributed by atoms with Crippen molar-refractivity contribution in [3.05, 3.63) is 32.2 Å². The van der Waals surface area contributed by atoms with Gasteiger partial charge in [-0.05, 0) is 40.9 Å². The molecular formula is C12H12BrF3N2O. The Hall–Kier alpha value is -0.820. The largest absolute Gasteiger partial charge is 0.422 e. The zero-order chi connectivity index (χ0) is 13.8. The third-order valence-electron chi connectivity index (χ3n) is 3.87. The molecule has 0 saturated carbocycles. The van der Waals surface area contributed by atoms with Gasteiger partial charge < -0.3 is 9.88 Å². The van der Waals surface area contributed by atoms with E-state index in [2.05, 4.69) is 21.2 Å². The lowest BCUT2D eigenvalue weighted by Crippen LogP contribution is -2.46. The molecule has 7 heteroatoms. The summed E-state index contributed by atoms with van der Waals surface area (Å²) >= 11 is 2.90. The predicted octanol–water partition coefficient (Wildman–Crippen LogP) is 2.34. The second-order valence-corrected chi connectivity index (χ2v) is 6.02. The zero-order valence-corrected chi connectivity index (χ0v) is 11.5. The minimum atomic E-state index is -4.62. The van der Waals surface area contributed by atoms with Crippen LogP contribution in [-0.2, 0) is 12.7 Å². The van der Waals surface area contributed by atoms with Crippen molar-refractivity contribution in [3.63, 3.8) is 0 Å². The van der Waals surface area contributed by atoms with E-state index in [0.29, 0.717) is 18.8 Å². The third kappa shape index (κ3) is 2.12. The van der Waals surface area contributed by atoms with Crippen molar-refractivity contribution in [1.82, 2.24) is 9.88 Å². The molecule has 3 nitrogen and oxygen atoms in total. The van der Waals surface area contributed by atoms with E-state index in [0.717, 1.165) is 13.0 Å². The number of hydrogen-bond acceptors (Lipinski definition) is 2. The molecule has 1 aromatic heterocycles. The average Bonchev–Trinajstić information content (AvgIpc) is 2.30. The van der Waals surface area contributed by atoms with Crippen molar-refractivity contribution in [2.45, 2.75) is 25.1 Å². The highest BCUT2D eigenvalue weighted by Crippen LogP contribution is 2.37. The van der Waals surface area contributed by atoms with Gasteiger partial charge in [0.25, 0.3) is 5.56 Å². The molecule has 2 aliphatic heterocycles. The first-order valence-electron chi connectivity index (χ1n) is 6.09. The summed E-state index contributed by atoms with van der Waals surface area (Å²) in [6.45, 7) is 1.85. The SMILES string of the molecule is O=c1c(C(F)(F)F)c(Br)cc2n1C[C@@H]1CNC[C@H]2C1. The minimum absolute atomic E-state index is 0.124. The molecule has 1 aromatic rings. The standard InChI is InChI=1S/C12H12BrF3N2O/c13-8-2-9-7-1-6(3-17-4-7)5-18(9)11(19)10(8)12(14,15)16/h2,6-7,17H,1,3-5H2/t6-,7+/m0/s1. The molecular weight excluding hydrogens is 325 g/mol. The summed E-state index contributed by atoms with van der Waals surface area (Å²) in [5.74, 6) is 0.366. The lowest BCUT2D eigenvalue weighted by Gasteiger charge is -2.37. The van der Waals surface area contributed by atoms with Crippen molar-refractivity contribution in [2.24, 2.45) is 5.92 Å². The lowest BCUT2D eigenvalue weighted by atomic mass is 9.84. The topological polar surface area (TPSA) is 34.0 Å². The maximum atomic E-state index is 12.9. The van der Waals surface area contributed by atoms with Crippen LogP contribution in [0.2, 0.25) is 0 Å². The Labute approximate surface area is 115 Å². The highest BCUT2D eigenvalue weighted by molar-refractivity contribution is 9.10. The van der Waals surface area contributed by atoms with Crippen molar-refractivity contribution >= 4 is 15.9 Å². The quantitative estimate of drug-likeness (QED) is 0.789. The van der Waals surface area contributed by atoms with Crippen LogP contribution in [0.3, 0.4) is 0 Å². The fourth-order valence-electron chi connectivity index (χ4n) is 3.07. The van der Waals surface area contributed by atoms with Gasteiger partial charge in [0.15, 0.2) is 0 Å². The fraction of sp³-hybridized carbons (Fsp3) is 0.583. The number of pyridine rings is 1. The Morgan fingerprint density at radius 2 is 2.11 bits per heavy atom. The Morgan fingerprint density at radius 3 is 2.79 bits per heavy atom. The van der Waals surface area contributed by atoms with Gasteiger partial charge in [0.05, 0.1) is 0 Å². The Bertz CT molecular complexity index is 582. The van der Waals surface area contributed by atoms with Crippen LogP contribution < -0.4 is 10.9 Å². The van der Waals surface area contributed by atoms with Gasteiger partial charge >= 0.3 is 6.18 Å². The van der Waals surface area contributed by atoms with E-state index in [9.17, 15) is 18.0 Å². The van der Waals surface area contributed by atoms with Gasteiger partial charge in [-0.15, -0.1) is 0 Å². The first-order valence-corrected chi connectivity index (χ1v) is 6.88. The molecule has 2 atom stereocenters. The second kappa shape index (κ2) is 4.34. The minimum Gasteiger partial charge on any atom is -0.316 e. The molecule has 104 valence electrons. The van der Waals surface area contributed by atoms with E-state index >= 15 is 0 Å². The van der Waals surface area contributed by atoms with Crippen molar-refractivity contribution in [1.29, 1.82) is 0 Å². The van der Waals surface area contributed by atoms with Crippen molar-refractivity contribution < 1.29 is 13.2 Å². The van der Waals surface area contributed by atoms with Gasteiger partial charge in [-0.1, -0.05) is 0 Å². The molecule has 3 rings (SSSR count). The van der Waals surface area contributed by atoms with Gasteiger partial charge in [0, 0.05) is 29.2 Å². The smallest absolute Gasteiger partial charge is 0.316 e. The van der Waals surface area contributed by atoms with E-state index < -0.39 is 17.3 Å². The number of nitrogens with zero attached hydrogens (tertiary/aromatic N) is 1. The van der Waals surface area contributed by atoms with Gasteiger partial charge in [-0.25, -0.2) is 0 Å². The number of hydrogen-bond donors (Lipinski definition) is 1. The molecule has 19 heavy (non-hydrogen) atoms. The highest BCUT2D eigenvalue weighted by atomic mass is 79.9. The van der Waals surface area contributed by atoms with Gasteiger partial charge in [0.2, 0.25) is 0 Å². The Kier molecular flexibility index (Phi) is 3.01. The third-order valence-corrected chi connectivity index (χ3v) is 4.49. The molecule has 2 bridgehead atoms. The van der Waals surface area contributed by atoms with Crippen molar-refractivity contribution in [2.75, 3.05) is 13.1 Å². The van der Waals surface area contributed by atoms with E-state index in [1.165, 1.54) is 10.6 Å². The number of fused-ring (bicyclic) bond motifs is 4. The van der Waals surface area contributed by atoms with Gasteiger partial charge in [-0.3, -0.25) is 4.79 Å². The lowest BCUT2D eigenvalue weighted by molar-refractivity contribution is -0.139. The molecule has 0 radical (unpaired) electrons. The number of nitrogens with one attached hydrogen (secondary N) is 1. The van der Waals surface area contributed by atoms with E-state index in [1.807, 2.05) is 0 Å². The number of halogens is 4. The highest BCUT2D eigenvalue weighted by Gasteiger charge is 2.40. The molecule has 0 unspecified atom stereocenters. The molecule has 0 amide bonds. The molecule has 2 aliphatic rings. The molecule has 3 heterocycles. The van der Waals surface area contributed by atoms with Crippen molar-refractivity contribution in [3.8, 4) is 0 Å². The molecule has 1 N–H and O–H groups in total. The van der Waals surface area contributed by atoms with Crippen LogP contribution in [0, 0.1) is 5.92 Å². The van der Waals surface area contributed by atoms with Crippen LogP contribution in [-0.4, -0.2) is 17.7 Å². The molecule has 1 fully saturated rings. The Morgan fingerprint density at radius 1 is 1.37 bits per heavy atom. The number of rotatable bonds is 0. The summed E-state index contributed by atoms with van der Waals surface area (Å²) in [6, 6.07) is 1.46. The average molecular weight is 337 g/mol. The summed E-state index contributed by atoms with van der Waals surface area (Å²) < 4.78 is 39.9. The van der Waals surface area contributed by atoms with Crippen LogP contribution in [0.5, 0.6) is 0 Å². The normalized spacial score (nSPS) is 26.1. The molecule has 0 spiro atoms. The van der Waals surface area contributed by atoms with Gasteiger partial charge in [0.1, 0.15) is 5.56 Å². The zero-order valence-electron chi connectivity index (χ0n) is 9.93. The number of alkyl halides is 3. The summed E-state index contributed by atoms with van der Waals surface area (Å²) in [5.41, 5.74) is -1.31. The maximum Gasteiger partial charge on any atom is 0.422 e. The van der Waals surface area contributed by atoms with Crippen LogP contribution in [0.4, 0.5) is 13.2 Å². The van der Waals surface area contributed by atoms with Crippen LogP contribution >= 0.6 is 15.9 Å². The van der Waals surface area contributed by atoms with Crippen LogP contribution in [0.15, 0.2) is 15.3 Å². The monoisotopic (exact) mass is 336 g/mol. The van der Waals surface area contributed by atoms with Gasteiger partial charge in [-0.2, -0.15) is 13.2 Å². The first kappa shape index (κ1) is 13.2. The number of piperidine rings is 1. The van der Waals surface area contributed by atoms with E-state index in [-0.39, 0.29) is 16.3 Å². The van der Waals surface area contributed by atoms with Crippen LogP contribution in [0.1, 0.15) is 23.6 Å². The summed E-state index contributed by atoms with van der Waals surface area (Å²) in [4.78, 5) is 12.1. The molecule has 0 aromatic carbocycles. The fourth-order valence-corrected chi connectivity index (χ4v) is 3.70. The van der Waals surface area contributed by atoms with Crippen LogP contribution in [0.25, 0.3) is 0 Å². The molecule has 0 aliphatic carbocycles. The first-order chi connectivity index (χ1) is 8.88. The number of aromatic nitrogens is 1. The van der Waals surface area contributed by atoms with E-state index in [1.54, 1.807) is 0 Å². The second-order valence-electron chi connectivity index (χ2n) is 5.16. The summed E-state index contributed by atoms with van der Waals surface area (Å²) in [7, 11) is 0. The molecule has 1 saturated heterocycles. The Balaban J connectivity index is 2.21. The summed E-state index contributed by atoms with van der Waals surface area (Å²) in [6.07, 6.45) is -3.69. The summed E-state index contributed by atoms with van der Waals surface area (Å²) in [5, 5.41) is 3.26. The predicted molar refractivity (Wildman–Crippen MR) is 67.1 cm³/mol. The van der Waals surface area contributed by atoms with E-state index in [4.69, 9.17) is 0 Å².